The van der Waals surface area contributed by atoms with Crippen molar-refractivity contribution in [3.63, 3.8) is 0 Å². The molecule has 29 heavy (non-hydrogen) atoms. The van der Waals surface area contributed by atoms with Gasteiger partial charge in [-0.05, 0) is 55.9 Å². The van der Waals surface area contributed by atoms with Crippen LogP contribution >= 0.6 is 0 Å². The lowest BCUT2D eigenvalue weighted by molar-refractivity contribution is 0.0505. The minimum absolute atomic E-state index is 0.326. The van der Waals surface area contributed by atoms with Crippen molar-refractivity contribution in [2.45, 2.75) is 26.1 Å². The molecule has 3 rings (SSSR count). The van der Waals surface area contributed by atoms with Crippen molar-refractivity contribution in [3.05, 3.63) is 59.4 Å². The van der Waals surface area contributed by atoms with Crippen molar-refractivity contribution in [2.24, 2.45) is 0 Å². The summed E-state index contributed by atoms with van der Waals surface area (Å²) >= 11 is 0. The first-order valence-corrected chi connectivity index (χ1v) is 10.4. The molecule has 1 aromatic carbocycles. The number of aliphatic hydroxyl groups excluding tert-OH is 1. The number of rotatable bonds is 9. The van der Waals surface area contributed by atoms with Crippen molar-refractivity contribution in [1.29, 1.82) is 0 Å². The Kier molecular flexibility index (Phi) is 8.00. The molecular weight excluding hydrogens is 364 g/mol. The molecule has 1 N–H and O–H groups in total. The number of aliphatic hydroxyl groups is 1. The minimum atomic E-state index is -0.465. The second-order valence-electron chi connectivity index (χ2n) is 8.19. The van der Waals surface area contributed by atoms with Crippen molar-refractivity contribution >= 4 is 0 Å². The van der Waals surface area contributed by atoms with Crippen LogP contribution in [-0.4, -0.2) is 84.3 Å². The van der Waals surface area contributed by atoms with Gasteiger partial charge in [0.05, 0.1) is 0 Å². The van der Waals surface area contributed by atoms with Gasteiger partial charge in [-0.1, -0.05) is 12.1 Å². The average molecular weight is 399 g/mol. The minimum Gasteiger partial charge on any atom is -0.491 e. The van der Waals surface area contributed by atoms with Gasteiger partial charge in [0.15, 0.2) is 0 Å². The number of aromatic nitrogens is 1. The van der Waals surface area contributed by atoms with Gasteiger partial charge in [0.1, 0.15) is 18.5 Å². The summed E-state index contributed by atoms with van der Waals surface area (Å²) in [5.41, 5.74) is 3.76. The lowest BCUT2D eigenvalue weighted by Gasteiger charge is -2.33. The molecule has 0 bridgehead atoms. The lowest BCUT2D eigenvalue weighted by Crippen LogP contribution is -2.47. The van der Waals surface area contributed by atoms with E-state index in [0.717, 1.165) is 45.0 Å². The molecule has 0 radical (unpaired) electrons. The molecule has 6 heteroatoms. The Morgan fingerprint density at radius 1 is 1.10 bits per heavy atom. The molecule has 0 unspecified atom stereocenters. The third-order valence-corrected chi connectivity index (χ3v) is 5.46. The van der Waals surface area contributed by atoms with Crippen molar-refractivity contribution in [2.75, 3.05) is 53.4 Å². The monoisotopic (exact) mass is 398 g/mol. The predicted octanol–water partition coefficient (Wildman–Crippen LogP) is 2.01. The molecule has 2 aromatic rings. The van der Waals surface area contributed by atoms with E-state index in [4.69, 9.17) is 4.74 Å². The fourth-order valence-electron chi connectivity index (χ4n) is 3.60. The maximum absolute atomic E-state index is 10.3. The van der Waals surface area contributed by atoms with Crippen molar-refractivity contribution < 1.29 is 9.84 Å². The summed E-state index contributed by atoms with van der Waals surface area (Å²) in [6.45, 7) is 9.00. The van der Waals surface area contributed by atoms with Gasteiger partial charge in [-0.15, -0.1) is 0 Å². The highest BCUT2D eigenvalue weighted by Crippen LogP contribution is 2.15. The molecule has 2 heterocycles. The molecule has 0 aliphatic carbocycles. The summed E-state index contributed by atoms with van der Waals surface area (Å²) < 4.78 is 5.79. The topological polar surface area (TPSA) is 52.1 Å². The number of hydrogen-bond donors (Lipinski definition) is 1. The molecule has 6 nitrogen and oxygen atoms in total. The fourth-order valence-corrected chi connectivity index (χ4v) is 3.60. The second kappa shape index (κ2) is 10.7. The van der Waals surface area contributed by atoms with Crippen LogP contribution in [0, 0.1) is 6.92 Å². The Morgan fingerprint density at radius 3 is 2.52 bits per heavy atom. The summed E-state index contributed by atoms with van der Waals surface area (Å²) in [4.78, 5) is 11.1. The molecule has 1 saturated heterocycles. The smallest absolute Gasteiger partial charge is 0.119 e. The summed E-state index contributed by atoms with van der Waals surface area (Å²) in [7, 11) is 4.26. The standard InChI is InChI=1S/C23H34N4O2/c1-19-14-24-9-8-21(19)16-26(3)15-20-4-6-23(7-5-20)29-18-22(28)17-27-12-10-25(2)11-13-27/h4-9,14,22,28H,10-13,15-18H2,1-3H3/t22-/m1/s1. The highest BCUT2D eigenvalue weighted by atomic mass is 16.5. The van der Waals surface area contributed by atoms with Crippen molar-refractivity contribution in [1.82, 2.24) is 19.7 Å². The van der Waals surface area contributed by atoms with Gasteiger partial charge < -0.3 is 14.7 Å². The summed E-state index contributed by atoms with van der Waals surface area (Å²) in [6, 6.07) is 10.2. The zero-order valence-electron chi connectivity index (χ0n) is 17.9. The number of pyridine rings is 1. The van der Waals surface area contributed by atoms with E-state index in [1.54, 1.807) is 0 Å². The van der Waals surface area contributed by atoms with Gasteiger partial charge in [0, 0.05) is 58.2 Å². The number of hydrogen-bond acceptors (Lipinski definition) is 6. The zero-order chi connectivity index (χ0) is 20.6. The third-order valence-electron chi connectivity index (χ3n) is 5.46. The third kappa shape index (κ3) is 7.08. The Bertz CT molecular complexity index is 745. The van der Waals surface area contributed by atoms with Gasteiger partial charge in [-0.25, -0.2) is 0 Å². The van der Waals surface area contributed by atoms with E-state index in [0.29, 0.717) is 13.2 Å². The maximum atomic E-state index is 10.3. The zero-order valence-corrected chi connectivity index (χ0v) is 17.9. The van der Waals surface area contributed by atoms with Crippen LogP contribution in [0.5, 0.6) is 5.75 Å². The molecule has 0 spiro atoms. The molecule has 1 atom stereocenters. The van der Waals surface area contributed by atoms with Gasteiger partial charge in [-0.2, -0.15) is 0 Å². The highest BCUT2D eigenvalue weighted by molar-refractivity contribution is 5.27. The molecular formula is C23H34N4O2. The van der Waals surface area contributed by atoms with Crippen LogP contribution in [0.25, 0.3) is 0 Å². The lowest BCUT2D eigenvalue weighted by atomic mass is 10.1. The Balaban J connectivity index is 1.41. The van der Waals surface area contributed by atoms with Crippen LogP contribution in [-0.2, 0) is 13.1 Å². The van der Waals surface area contributed by atoms with Gasteiger partial charge in [0.25, 0.3) is 0 Å². The van der Waals surface area contributed by atoms with E-state index in [1.807, 2.05) is 24.5 Å². The largest absolute Gasteiger partial charge is 0.491 e. The number of nitrogens with zero attached hydrogens (tertiary/aromatic N) is 4. The predicted molar refractivity (Wildman–Crippen MR) is 116 cm³/mol. The quantitative estimate of drug-likeness (QED) is 0.697. The average Bonchev–Trinajstić information content (AvgIpc) is 2.71. The molecule has 158 valence electrons. The number of benzene rings is 1. The number of aryl methyl sites for hydroxylation is 1. The van der Waals surface area contributed by atoms with E-state index in [1.165, 1.54) is 16.7 Å². The second-order valence-corrected chi connectivity index (χ2v) is 8.19. The SMILES string of the molecule is Cc1cnccc1CN(C)Cc1ccc(OC[C@H](O)CN2CCN(C)CC2)cc1. The van der Waals surface area contributed by atoms with Crippen LogP contribution in [0.2, 0.25) is 0 Å². The van der Waals surface area contributed by atoms with E-state index in [2.05, 4.69) is 58.9 Å². The molecule has 1 aromatic heterocycles. The van der Waals surface area contributed by atoms with Gasteiger partial charge in [-0.3, -0.25) is 14.8 Å². The fraction of sp³-hybridized carbons (Fsp3) is 0.522. The van der Waals surface area contributed by atoms with E-state index >= 15 is 0 Å². The van der Waals surface area contributed by atoms with Crippen LogP contribution in [0.1, 0.15) is 16.7 Å². The number of β-amino-alcohol motifs (C(OH)–C–C–N with tert-alkyl or cyclic N) is 1. The molecule has 1 fully saturated rings. The Hall–Kier alpha value is -1.99. The van der Waals surface area contributed by atoms with Gasteiger partial charge >= 0.3 is 0 Å². The Labute approximate surface area is 174 Å². The van der Waals surface area contributed by atoms with Crippen LogP contribution < -0.4 is 4.74 Å². The van der Waals surface area contributed by atoms with Crippen LogP contribution in [0.15, 0.2) is 42.7 Å². The van der Waals surface area contributed by atoms with E-state index in [-0.39, 0.29) is 0 Å². The molecule has 0 amide bonds. The summed E-state index contributed by atoms with van der Waals surface area (Å²) in [6.07, 6.45) is 3.29. The maximum Gasteiger partial charge on any atom is 0.119 e. The number of ether oxygens (including phenoxy) is 1. The Morgan fingerprint density at radius 2 is 1.83 bits per heavy atom. The molecule has 1 aliphatic rings. The first kappa shape index (κ1) is 21.7. The van der Waals surface area contributed by atoms with Crippen molar-refractivity contribution in [3.8, 4) is 5.75 Å². The van der Waals surface area contributed by atoms with Crippen LogP contribution in [0.4, 0.5) is 0 Å². The molecule has 1 aliphatic heterocycles. The number of likely N-dealkylation sites (N-methyl/N-ethyl adjacent to an activating group) is 1. The normalized spacial score (nSPS) is 16.9. The summed E-state index contributed by atoms with van der Waals surface area (Å²) in [5.74, 6) is 0.804. The van der Waals surface area contributed by atoms with E-state index < -0.39 is 6.10 Å². The first-order chi connectivity index (χ1) is 14.0. The van der Waals surface area contributed by atoms with E-state index in [9.17, 15) is 5.11 Å². The van der Waals surface area contributed by atoms with Gasteiger partial charge in [0.2, 0.25) is 0 Å². The highest BCUT2D eigenvalue weighted by Gasteiger charge is 2.17. The number of piperazine rings is 1. The first-order valence-electron chi connectivity index (χ1n) is 10.4. The van der Waals surface area contributed by atoms with Crippen LogP contribution in [0.3, 0.4) is 0 Å². The molecule has 0 saturated carbocycles. The summed E-state index contributed by atoms with van der Waals surface area (Å²) in [5, 5.41) is 10.3.